The SMILES string of the molecule is CC[C@@H](Nc1cc(COC)nc2ncnn12)c1nc2ccccc2[nH]1. The highest BCUT2D eigenvalue weighted by atomic mass is 16.5. The number of aromatic nitrogens is 6. The van der Waals surface area contributed by atoms with Gasteiger partial charge in [-0.05, 0) is 18.6 Å². The molecule has 0 saturated carbocycles. The standard InChI is InChI=1S/C17H19N7O/c1-3-12(16-22-13-6-4-5-7-14(13)23-16)21-15-8-11(9-25-2)20-17-18-10-19-24(15)17/h4-8,10,12,21H,3,9H2,1-2H3,(H,22,23)/t12-/m1/s1. The Balaban J connectivity index is 1.71. The summed E-state index contributed by atoms with van der Waals surface area (Å²) in [5, 5.41) is 7.76. The largest absolute Gasteiger partial charge is 0.378 e. The number of para-hydroxylation sites is 2. The van der Waals surface area contributed by atoms with Crippen LogP contribution >= 0.6 is 0 Å². The van der Waals surface area contributed by atoms with Crippen LogP contribution in [-0.4, -0.2) is 36.7 Å². The van der Waals surface area contributed by atoms with Crippen molar-refractivity contribution in [2.45, 2.75) is 26.0 Å². The van der Waals surface area contributed by atoms with Crippen molar-refractivity contribution in [2.75, 3.05) is 12.4 Å². The number of methoxy groups -OCH3 is 1. The molecule has 0 spiro atoms. The Morgan fingerprint density at radius 2 is 2.16 bits per heavy atom. The number of rotatable bonds is 6. The maximum atomic E-state index is 5.20. The second-order valence-electron chi connectivity index (χ2n) is 5.78. The predicted octanol–water partition coefficient (Wildman–Crippen LogP) is 2.71. The van der Waals surface area contributed by atoms with Gasteiger partial charge in [0, 0.05) is 13.2 Å². The smallest absolute Gasteiger partial charge is 0.254 e. The molecule has 4 rings (SSSR count). The van der Waals surface area contributed by atoms with Crippen LogP contribution < -0.4 is 5.32 Å². The molecule has 3 aromatic heterocycles. The van der Waals surface area contributed by atoms with Crippen molar-refractivity contribution in [3.8, 4) is 0 Å². The van der Waals surface area contributed by atoms with Gasteiger partial charge in [0.25, 0.3) is 5.78 Å². The van der Waals surface area contributed by atoms with E-state index in [0.29, 0.717) is 12.4 Å². The maximum absolute atomic E-state index is 5.20. The van der Waals surface area contributed by atoms with Crippen molar-refractivity contribution in [1.82, 2.24) is 29.5 Å². The summed E-state index contributed by atoms with van der Waals surface area (Å²) in [5.74, 6) is 2.24. The molecule has 1 atom stereocenters. The van der Waals surface area contributed by atoms with E-state index in [-0.39, 0.29) is 6.04 Å². The fourth-order valence-corrected chi connectivity index (χ4v) is 2.87. The first kappa shape index (κ1) is 15.5. The summed E-state index contributed by atoms with van der Waals surface area (Å²) in [6, 6.07) is 9.95. The second kappa shape index (κ2) is 6.48. The molecule has 0 aliphatic heterocycles. The zero-order valence-electron chi connectivity index (χ0n) is 14.1. The molecule has 0 saturated heterocycles. The summed E-state index contributed by atoms with van der Waals surface area (Å²) in [6.07, 6.45) is 2.35. The minimum atomic E-state index is 0.0117. The monoisotopic (exact) mass is 337 g/mol. The number of hydrogen-bond acceptors (Lipinski definition) is 6. The third-order valence-corrected chi connectivity index (χ3v) is 4.07. The van der Waals surface area contributed by atoms with Crippen molar-refractivity contribution >= 4 is 22.6 Å². The topological polar surface area (TPSA) is 93.0 Å². The fraction of sp³-hybridized carbons (Fsp3) is 0.294. The highest BCUT2D eigenvalue weighted by Gasteiger charge is 2.17. The highest BCUT2D eigenvalue weighted by Crippen LogP contribution is 2.23. The lowest BCUT2D eigenvalue weighted by Gasteiger charge is -2.17. The van der Waals surface area contributed by atoms with Crippen LogP contribution in [-0.2, 0) is 11.3 Å². The lowest BCUT2D eigenvalue weighted by molar-refractivity contribution is 0.181. The normalized spacial score (nSPS) is 12.7. The summed E-state index contributed by atoms with van der Waals surface area (Å²) < 4.78 is 6.88. The van der Waals surface area contributed by atoms with E-state index in [2.05, 4.69) is 32.3 Å². The Bertz CT molecular complexity index is 974. The van der Waals surface area contributed by atoms with Crippen molar-refractivity contribution in [2.24, 2.45) is 0 Å². The summed E-state index contributed by atoms with van der Waals surface area (Å²) >= 11 is 0. The second-order valence-corrected chi connectivity index (χ2v) is 5.78. The predicted molar refractivity (Wildman–Crippen MR) is 94.2 cm³/mol. The van der Waals surface area contributed by atoms with Crippen LogP contribution in [0.1, 0.15) is 30.9 Å². The van der Waals surface area contributed by atoms with Gasteiger partial charge < -0.3 is 15.0 Å². The molecule has 3 heterocycles. The maximum Gasteiger partial charge on any atom is 0.254 e. The third-order valence-electron chi connectivity index (χ3n) is 4.07. The van der Waals surface area contributed by atoms with E-state index in [4.69, 9.17) is 9.72 Å². The quantitative estimate of drug-likeness (QED) is 0.562. The van der Waals surface area contributed by atoms with Crippen molar-refractivity contribution < 1.29 is 4.74 Å². The van der Waals surface area contributed by atoms with E-state index < -0.39 is 0 Å². The molecule has 8 nitrogen and oxygen atoms in total. The Kier molecular flexibility index (Phi) is 4.02. The third kappa shape index (κ3) is 2.91. The van der Waals surface area contributed by atoms with Gasteiger partial charge >= 0.3 is 0 Å². The molecule has 25 heavy (non-hydrogen) atoms. The van der Waals surface area contributed by atoms with Gasteiger partial charge in [-0.1, -0.05) is 19.1 Å². The number of benzene rings is 1. The Morgan fingerprint density at radius 1 is 1.28 bits per heavy atom. The molecule has 0 aliphatic carbocycles. The number of imidazole rings is 1. The number of nitrogens with zero attached hydrogens (tertiary/aromatic N) is 5. The van der Waals surface area contributed by atoms with E-state index in [1.165, 1.54) is 6.33 Å². The molecule has 2 N–H and O–H groups in total. The molecule has 8 heteroatoms. The van der Waals surface area contributed by atoms with Crippen molar-refractivity contribution in [3.63, 3.8) is 0 Å². The number of hydrogen-bond donors (Lipinski definition) is 2. The fourth-order valence-electron chi connectivity index (χ4n) is 2.87. The lowest BCUT2D eigenvalue weighted by Crippen LogP contribution is -2.15. The number of H-pyrrole nitrogens is 1. The first-order valence-electron chi connectivity index (χ1n) is 8.18. The van der Waals surface area contributed by atoms with Crippen molar-refractivity contribution in [1.29, 1.82) is 0 Å². The van der Waals surface area contributed by atoms with Crippen LogP contribution in [0.3, 0.4) is 0 Å². The van der Waals surface area contributed by atoms with E-state index in [1.807, 2.05) is 30.3 Å². The molecule has 0 bridgehead atoms. The van der Waals surface area contributed by atoms with Gasteiger partial charge in [0.2, 0.25) is 0 Å². The van der Waals surface area contributed by atoms with E-state index >= 15 is 0 Å². The molecule has 0 fully saturated rings. The van der Waals surface area contributed by atoms with Crippen molar-refractivity contribution in [3.05, 3.63) is 48.2 Å². The van der Waals surface area contributed by atoms with Crippen LogP contribution in [0.4, 0.5) is 5.82 Å². The molecule has 0 amide bonds. The number of aromatic amines is 1. The lowest BCUT2D eigenvalue weighted by atomic mass is 10.2. The van der Waals surface area contributed by atoms with Crippen LogP contribution in [0.2, 0.25) is 0 Å². The van der Waals surface area contributed by atoms with E-state index in [1.54, 1.807) is 11.6 Å². The molecule has 4 aromatic rings. The van der Waals surface area contributed by atoms with Crippen LogP contribution in [0.25, 0.3) is 16.8 Å². The molecular formula is C17H19N7O. The minimum absolute atomic E-state index is 0.0117. The highest BCUT2D eigenvalue weighted by molar-refractivity contribution is 5.74. The van der Waals surface area contributed by atoms with E-state index in [9.17, 15) is 0 Å². The molecule has 0 aliphatic rings. The average Bonchev–Trinajstić information content (AvgIpc) is 3.26. The summed E-state index contributed by atoms with van der Waals surface area (Å²) in [6.45, 7) is 2.53. The van der Waals surface area contributed by atoms with Gasteiger partial charge in [0.15, 0.2) is 0 Å². The molecule has 1 aromatic carbocycles. The van der Waals surface area contributed by atoms with Gasteiger partial charge in [-0.3, -0.25) is 0 Å². The first-order valence-corrected chi connectivity index (χ1v) is 8.18. The summed E-state index contributed by atoms with van der Waals surface area (Å²) in [4.78, 5) is 16.7. The number of nitrogens with one attached hydrogen (secondary N) is 2. The van der Waals surface area contributed by atoms with Gasteiger partial charge in [0.1, 0.15) is 18.0 Å². The Morgan fingerprint density at radius 3 is 2.96 bits per heavy atom. The zero-order valence-corrected chi connectivity index (χ0v) is 14.1. The van der Waals surface area contributed by atoms with Crippen LogP contribution in [0, 0.1) is 0 Å². The molecule has 0 radical (unpaired) electrons. The van der Waals surface area contributed by atoms with Gasteiger partial charge in [0.05, 0.1) is 29.4 Å². The number of fused-ring (bicyclic) bond motifs is 2. The van der Waals surface area contributed by atoms with Gasteiger partial charge in [-0.25, -0.2) is 9.97 Å². The zero-order chi connectivity index (χ0) is 17.2. The van der Waals surface area contributed by atoms with Gasteiger partial charge in [-0.15, -0.1) is 0 Å². The van der Waals surface area contributed by atoms with Gasteiger partial charge in [-0.2, -0.15) is 14.6 Å². The first-order chi connectivity index (χ1) is 12.3. The average molecular weight is 337 g/mol. The Labute approximate surface area is 144 Å². The molecule has 0 unspecified atom stereocenters. The summed E-state index contributed by atoms with van der Waals surface area (Å²) in [5.41, 5.74) is 2.78. The summed E-state index contributed by atoms with van der Waals surface area (Å²) in [7, 11) is 1.64. The molecule has 128 valence electrons. The number of ether oxygens (including phenoxy) is 1. The van der Waals surface area contributed by atoms with E-state index in [0.717, 1.165) is 34.8 Å². The minimum Gasteiger partial charge on any atom is -0.378 e. The van der Waals surface area contributed by atoms with Crippen LogP contribution in [0.15, 0.2) is 36.7 Å². The van der Waals surface area contributed by atoms with Crippen LogP contribution in [0.5, 0.6) is 0 Å². The molecular weight excluding hydrogens is 318 g/mol. The Hall–Kier alpha value is -3.00. The number of anilines is 1.